The number of benzene rings is 1. The van der Waals surface area contributed by atoms with E-state index in [-0.39, 0.29) is 12.1 Å². The van der Waals surface area contributed by atoms with Gasteiger partial charge in [0.05, 0.1) is 13.2 Å². The Kier molecular flexibility index (Phi) is 4.83. The molecule has 1 aromatic carbocycles. The molecule has 0 radical (unpaired) electrons. The summed E-state index contributed by atoms with van der Waals surface area (Å²) < 4.78 is 5.52. The first-order valence-electron chi connectivity index (χ1n) is 7.29. The molecule has 1 heterocycles. The molecule has 2 rings (SSSR count). The molecule has 1 fully saturated rings. The van der Waals surface area contributed by atoms with Crippen molar-refractivity contribution in [3.8, 4) is 5.75 Å². The van der Waals surface area contributed by atoms with Crippen LogP contribution in [0.1, 0.15) is 44.7 Å². The van der Waals surface area contributed by atoms with Gasteiger partial charge >= 0.3 is 0 Å². The second-order valence-electron chi connectivity index (χ2n) is 5.63. The third-order valence-electron chi connectivity index (χ3n) is 4.17. The molecule has 19 heavy (non-hydrogen) atoms. The van der Waals surface area contributed by atoms with Gasteiger partial charge in [0.25, 0.3) is 0 Å². The molecular formula is C16H26N2O. The van der Waals surface area contributed by atoms with E-state index in [1.807, 2.05) is 12.1 Å². The van der Waals surface area contributed by atoms with Crippen molar-refractivity contribution >= 4 is 0 Å². The van der Waals surface area contributed by atoms with E-state index in [4.69, 9.17) is 10.5 Å². The molecule has 0 spiro atoms. The number of hydrogen-bond donors (Lipinski definition) is 1. The normalized spacial score (nSPS) is 23.9. The molecule has 2 N–H and O–H groups in total. The maximum Gasteiger partial charge on any atom is 0.123 e. The van der Waals surface area contributed by atoms with Crippen LogP contribution in [0.2, 0.25) is 0 Å². The highest BCUT2D eigenvalue weighted by molar-refractivity contribution is 5.37. The monoisotopic (exact) mass is 262 g/mol. The lowest BCUT2D eigenvalue weighted by Crippen LogP contribution is -2.46. The van der Waals surface area contributed by atoms with Gasteiger partial charge in [0.1, 0.15) is 5.75 Å². The van der Waals surface area contributed by atoms with Crippen LogP contribution in [0, 0.1) is 0 Å². The first kappa shape index (κ1) is 14.4. The van der Waals surface area contributed by atoms with Gasteiger partial charge in [-0.05, 0) is 39.3 Å². The fourth-order valence-electron chi connectivity index (χ4n) is 3.21. The highest BCUT2D eigenvalue weighted by Crippen LogP contribution is 2.35. The SMILES string of the molecule is COc1ccccc1C(C(C)N)N1CCCCC1C. The third kappa shape index (κ3) is 3.10. The zero-order valence-corrected chi connectivity index (χ0v) is 12.3. The molecule has 3 unspecified atom stereocenters. The Bertz CT molecular complexity index is 405. The highest BCUT2D eigenvalue weighted by atomic mass is 16.5. The minimum atomic E-state index is 0.0943. The Labute approximate surface area is 116 Å². The smallest absolute Gasteiger partial charge is 0.123 e. The van der Waals surface area contributed by atoms with Crippen molar-refractivity contribution in [1.82, 2.24) is 4.90 Å². The average Bonchev–Trinajstić information content (AvgIpc) is 2.41. The van der Waals surface area contributed by atoms with Gasteiger partial charge in [0.15, 0.2) is 0 Å². The molecule has 3 nitrogen and oxygen atoms in total. The molecule has 0 saturated carbocycles. The van der Waals surface area contributed by atoms with Crippen molar-refractivity contribution in [3.63, 3.8) is 0 Å². The lowest BCUT2D eigenvalue weighted by molar-refractivity contribution is 0.0907. The summed E-state index contributed by atoms with van der Waals surface area (Å²) in [5.74, 6) is 0.947. The lowest BCUT2D eigenvalue weighted by Gasteiger charge is -2.42. The van der Waals surface area contributed by atoms with Crippen LogP contribution in [0.3, 0.4) is 0 Å². The van der Waals surface area contributed by atoms with Crippen LogP contribution >= 0.6 is 0 Å². The van der Waals surface area contributed by atoms with E-state index >= 15 is 0 Å². The molecule has 0 amide bonds. The van der Waals surface area contributed by atoms with Gasteiger partial charge < -0.3 is 10.5 Å². The topological polar surface area (TPSA) is 38.5 Å². The maximum atomic E-state index is 6.29. The predicted molar refractivity (Wildman–Crippen MR) is 79.4 cm³/mol. The van der Waals surface area contributed by atoms with Crippen LogP contribution in [0.15, 0.2) is 24.3 Å². The highest BCUT2D eigenvalue weighted by Gasteiger charge is 2.31. The number of hydrogen-bond acceptors (Lipinski definition) is 3. The summed E-state index contributed by atoms with van der Waals surface area (Å²) >= 11 is 0. The van der Waals surface area contributed by atoms with Crippen molar-refractivity contribution in [2.75, 3.05) is 13.7 Å². The average molecular weight is 262 g/mol. The Morgan fingerprint density at radius 2 is 2.05 bits per heavy atom. The van der Waals surface area contributed by atoms with Gasteiger partial charge in [-0.3, -0.25) is 4.90 Å². The fourth-order valence-corrected chi connectivity index (χ4v) is 3.21. The summed E-state index contributed by atoms with van der Waals surface area (Å²) in [5.41, 5.74) is 7.50. The minimum absolute atomic E-state index is 0.0943. The van der Waals surface area contributed by atoms with Gasteiger partial charge in [0.2, 0.25) is 0 Å². The van der Waals surface area contributed by atoms with Gasteiger partial charge in [-0.25, -0.2) is 0 Å². The zero-order valence-electron chi connectivity index (χ0n) is 12.3. The molecule has 1 aromatic rings. The lowest BCUT2D eigenvalue weighted by atomic mass is 9.93. The Balaban J connectivity index is 2.33. The summed E-state index contributed by atoms with van der Waals surface area (Å²) in [4.78, 5) is 2.55. The van der Waals surface area contributed by atoms with Crippen LogP contribution in [0.5, 0.6) is 5.75 Å². The number of likely N-dealkylation sites (tertiary alicyclic amines) is 1. The summed E-state index contributed by atoms with van der Waals surface area (Å²) in [6, 6.07) is 9.19. The molecule has 0 bridgehead atoms. The van der Waals surface area contributed by atoms with E-state index in [0.29, 0.717) is 6.04 Å². The van der Waals surface area contributed by atoms with E-state index in [0.717, 1.165) is 12.3 Å². The number of nitrogens with zero attached hydrogens (tertiary/aromatic N) is 1. The Morgan fingerprint density at radius 1 is 1.32 bits per heavy atom. The second kappa shape index (κ2) is 6.40. The van der Waals surface area contributed by atoms with E-state index in [1.54, 1.807) is 7.11 Å². The molecule has 1 aliphatic rings. The number of methoxy groups -OCH3 is 1. The molecule has 106 valence electrons. The van der Waals surface area contributed by atoms with Crippen molar-refractivity contribution in [2.45, 2.75) is 51.2 Å². The van der Waals surface area contributed by atoms with Crippen LogP contribution in [0.25, 0.3) is 0 Å². The molecular weight excluding hydrogens is 236 g/mol. The van der Waals surface area contributed by atoms with E-state index < -0.39 is 0 Å². The Hall–Kier alpha value is -1.06. The molecule has 0 aliphatic carbocycles. The largest absolute Gasteiger partial charge is 0.496 e. The van der Waals surface area contributed by atoms with Crippen LogP contribution in [0.4, 0.5) is 0 Å². The van der Waals surface area contributed by atoms with Gasteiger partial charge in [-0.1, -0.05) is 24.6 Å². The van der Waals surface area contributed by atoms with E-state index in [1.165, 1.54) is 24.8 Å². The van der Waals surface area contributed by atoms with Crippen molar-refractivity contribution in [3.05, 3.63) is 29.8 Å². The number of rotatable bonds is 4. The third-order valence-corrected chi connectivity index (χ3v) is 4.17. The molecule has 3 heteroatoms. The van der Waals surface area contributed by atoms with Crippen LogP contribution in [-0.4, -0.2) is 30.6 Å². The number of ether oxygens (including phenoxy) is 1. The molecule has 1 saturated heterocycles. The predicted octanol–water partition coefficient (Wildman–Crippen LogP) is 2.96. The van der Waals surface area contributed by atoms with Crippen molar-refractivity contribution < 1.29 is 4.74 Å². The summed E-state index contributed by atoms with van der Waals surface area (Å²) in [6.45, 7) is 5.54. The van der Waals surface area contributed by atoms with Crippen molar-refractivity contribution in [2.24, 2.45) is 5.73 Å². The van der Waals surface area contributed by atoms with E-state index in [9.17, 15) is 0 Å². The van der Waals surface area contributed by atoms with Crippen molar-refractivity contribution in [1.29, 1.82) is 0 Å². The molecule has 0 aromatic heterocycles. The van der Waals surface area contributed by atoms with Gasteiger partial charge in [0, 0.05) is 17.6 Å². The number of piperidine rings is 1. The van der Waals surface area contributed by atoms with Crippen LogP contribution < -0.4 is 10.5 Å². The van der Waals surface area contributed by atoms with Gasteiger partial charge in [-0.2, -0.15) is 0 Å². The first-order valence-corrected chi connectivity index (χ1v) is 7.29. The first-order chi connectivity index (χ1) is 9.15. The minimum Gasteiger partial charge on any atom is -0.496 e. The van der Waals surface area contributed by atoms with Gasteiger partial charge in [-0.15, -0.1) is 0 Å². The van der Waals surface area contributed by atoms with Crippen LogP contribution in [-0.2, 0) is 0 Å². The quantitative estimate of drug-likeness (QED) is 0.906. The fraction of sp³-hybridized carbons (Fsp3) is 0.625. The second-order valence-corrected chi connectivity index (χ2v) is 5.63. The van der Waals surface area contributed by atoms with E-state index in [2.05, 4.69) is 30.9 Å². The standard InChI is InChI=1S/C16H26N2O/c1-12-8-6-7-11-18(12)16(13(2)17)14-9-4-5-10-15(14)19-3/h4-5,9-10,12-13,16H,6-8,11,17H2,1-3H3. The summed E-state index contributed by atoms with van der Waals surface area (Å²) in [6.07, 6.45) is 3.86. The maximum absolute atomic E-state index is 6.29. The molecule has 1 aliphatic heterocycles. The number of nitrogens with two attached hydrogens (primary N) is 1. The summed E-state index contributed by atoms with van der Waals surface area (Å²) in [5, 5.41) is 0. The zero-order chi connectivity index (χ0) is 13.8. The Morgan fingerprint density at radius 3 is 2.68 bits per heavy atom. The number of para-hydroxylation sites is 1. The molecule has 3 atom stereocenters. The summed E-state index contributed by atoms with van der Waals surface area (Å²) in [7, 11) is 1.73.